The van der Waals surface area contributed by atoms with Crippen LogP contribution in [0.3, 0.4) is 0 Å². The highest BCUT2D eigenvalue weighted by molar-refractivity contribution is 6.30. The van der Waals surface area contributed by atoms with E-state index in [-0.39, 0.29) is 6.42 Å². The number of hydrogen-bond acceptors (Lipinski definition) is 3. The van der Waals surface area contributed by atoms with Crippen LogP contribution in [-0.2, 0) is 6.42 Å². The lowest BCUT2D eigenvalue weighted by atomic mass is 10.1. The molecule has 0 fully saturated rings. The Morgan fingerprint density at radius 1 is 1.44 bits per heavy atom. The molecule has 0 aliphatic heterocycles. The quantitative estimate of drug-likeness (QED) is 0.748. The van der Waals surface area contributed by atoms with E-state index in [0.29, 0.717) is 5.15 Å². The first kappa shape index (κ1) is 10.7. The van der Waals surface area contributed by atoms with Gasteiger partial charge in [0, 0.05) is 17.0 Å². The van der Waals surface area contributed by atoms with Crippen LogP contribution in [0.15, 0.2) is 24.3 Å². The fourth-order valence-corrected chi connectivity index (χ4v) is 1.72. The van der Waals surface area contributed by atoms with Gasteiger partial charge in [0.2, 0.25) is 0 Å². The molecule has 4 heteroatoms. The lowest BCUT2D eigenvalue weighted by molar-refractivity contribution is 0.415. The first-order valence-corrected chi connectivity index (χ1v) is 5.12. The molecule has 2 rings (SSSR count). The van der Waals surface area contributed by atoms with Gasteiger partial charge in [-0.25, -0.2) is 4.98 Å². The SMILES string of the molecule is COc1ccc2cc(CC#N)c(Cl)nc2c1. The van der Waals surface area contributed by atoms with Crippen LogP contribution in [0.25, 0.3) is 10.9 Å². The molecule has 80 valence electrons. The lowest BCUT2D eigenvalue weighted by Crippen LogP contribution is -1.90. The van der Waals surface area contributed by atoms with E-state index in [4.69, 9.17) is 21.6 Å². The van der Waals surface area contributed by atoms with Crippen LogP contribution in [-0.4, -0.2) is 12.1 Å². The Balaban J connectivity index is 2.60. The van der Waals surface area contributed by atoms with Gasteiger partial charge in [-0.1, -0.05) is 11.6 Å². The molecule has 1 heterocycles. The minimum Gasteiger partial charge on any atom is -0.497 e. The van der Waals surface area contributed by atoms with Crippen molar-refractivity contribution in [1.29, 1.82) is 5.26 Å². The monoisotopic (exact) mass is 232 g/mol. The Morgan fingerprint density at radius 3 is 2.94 bits per heavy atom. The number of methoxy groups -OCH3 is 1. The third-order valence-electron chi connectivity index (χ3n) is 2.32. The molecule has 0 aliphatic carbocycles. The zero-order valence-corrected chi connectivity index (χ0v) is 9.45. The van der Waals surface area contributed by atoms with Crippen LogP contribution in [0.4, 0.5) is 0 Å². The average molecular weight is 233 g/mol. The van der Waals surface area contributed by atoms with E-state index >= 15 is 0 Å². The van der Waals surface area contributed by atoms with Crippen LogP contribution >= 0.6 is 11.6 Å². The van der Waals surface area contributed by atoms with Gasteiger partial charge >= 0.3 is 0 Å². The summed E-state index contributed by atoms with van der Waals surface area (Å²) in [6.45, 7) is 0. The summed E-state index contributed by atoms with van der Waals surface area (Å²) in [5.41, 5.74) is 1.52. The van der Waals surface area contributed by atoms with Crippen molar-refractivity contribution in [2.24, 2.45) is 0 Å². The van der Waals surface area contributed by atoms with Crippen LogP contribution in [0, 0.1) is 11.3 Å². The maximum Gasteiger partial charge on any atom is 0.134 e. The second-order valence-corrected chi connectivity index (χ2v) is 3.69. The van der Waals surface area contributed by atoms with E-state index in [9.17, 15) is 0 Å². The summed E-state index contributed by atoms with van der Waals surface area (Å²) in [5, 5.41) is 9.97. The molecule has 0 saturated heterocycles. The molecule has 0 atom stereocenters. The Kier molecular flexibility index (Phi) is 2.93. The lowest BCUT2D eigenvalue weighted by Gasteiger charge is -2.04. The number of hydrogen-bond donors (Lipinski definition) is 0. The number of nitriles is 1. The number of benzene rings is 1. The van der Waals surface area contributed by atoms with Gasteiger partial charge in [0.1, 0.15) is 10.9 Å². The van der Waals surface area contributed by atoms with Crippen molar-refractivity contribution in [3.8, 4) is 11.8 Å². The zero-order valence-electron chi connectivity index (χ0n) is 8.70. The van der Waals surface area contributed by atoms with Crippen molar-refractivity contribution in [3.63, 3.8) is 0 Å². The van der Waals surface area contributed by atoms with Gasteiger partial charge in [0.25, 0.3) is 0 Å². The Labute approximate surface area is 98.2 Å². The van der Waals surface area contributed by atoms with E-state index in [2.05, 4.69) is 11.1 Å². The standard InChI is InChI=1S/C12H9ClN2O/c1-16-10-3-2-8-6-9(4-5-14)12(13)15-11(8)7-10/h2-3,6-7H,4H2,1H3. The summed E-state index contributed by atoms with van der Waals surface area (Å²) >= 11 is 5.97. The third-order valence-corrected chi connectivity index (χ3v) is 2.65. The van der Waals surface area contributed by atoms with Gasteiger partial charge < -0.3 is 4.74 Å². The predicted octanol–water partition coefficient (Wildman–Crippen LogP) is 2.96. The van der Waals surface area contributed by atoms with E-state index in [1.54, 1.807) is 7.11 Å². The smallest absolute Gasteiger partial charge is 0.134 e. The largest absolute Gasteiger partial charge is 0.497 e. The highest BCUT2D eigenvalue weighted by atomic mass is 35.5. The van der Waals surface area contributed by atoms with Gasteiger partial charge in [-0.2, -0.15) is 5.26 Å². The number of pyridine rings is 1. The number of fused-ring (bicyclic) bond motifs is 1. The van der Waals surface area contributed by atoms with Crippen LogP contribution in [0.1, 0.15) is 5.56 Å². The average Bonchev–Trinajstić information content (AvgIpc) is 2.30. The molecule has 0 bridgehead atoms. The highest BCUT2D eigenvalue weighted by Gasteiger charge is 2.05. The van der Waals surface area contributed by atoms with Crippen molar-refractivity contribution in [2.45, 2.75) is 6.42 Å². The van der Waals surface area contributed by atoms with E-state index in [1.807, 2.05) is 24.3 Å². The van der Waals surface area contributed by atoms with Crippen LogP contribution in [0.5, 0.6) is 5.75 Å². The Morgan fingerprint density at radius 2 is 2.25 bits per heavy atom. The summed E-state index contributed by atoms with van der Waals surface area (Å²) in [4.78, 5) is 4.24. The maximum atomic E-state index is 8.64. The van der Waals surface area contributed by atoms with Crippen LogP contribution < -0.4 is 4.74 Å². The molecule has 16 heavy (non-hydrogen) atoms. The number of rotatable bonds is 2. The molecule has 0 saturated carbocycles. The fourth-order valence-electron chi connectivity index (χ4n) is 1.50. The summed E-state index contributed by atoms with van der Waals surface area (Å²) in [6, 6.07) is 9.52. The van der Waals surface area contributed by atoms with Gasteiger partial charge in [-0.05, 0) is 18.2 Å². The molecular formula is C12H9ClN2O. The van der Waals surface area contributed by atoms with Crippen LogP contribution in [0.2, 0.25) is 5.15 Å². The zero-order chi connectivity index (χ0) is 11.5. The number of aromatic nitrogens is 1. The molecule has 0 radical (unpaired) electrons. The topological polar surface area (TPSA) is 45.9 Å². The summed E-state index contributed by atoms with van der Waals surface area (Å²) in [7, 11) is 1.60. The molecule has 0 N–H and O–H groups in total. The third kappa shape index (κ3) is 1.93. The molecule has 1 aromatic heterocycles. The normalized spacial score (nSPS) is 10.1. The first-order valence-electron chi connectivity index (χ1n) is 4.74. The second kappa shape index (κ2) is 4.38. The molecule has 2 aromatic rings. The van der Waals surface area contributed by atoms with E-state index in [0.717, 1.165) is 22.2 Å². The number of ether oxygens (including phenoxy) is 1. The minimum atomic E-state index is 0.272. The first-order chi connectivity index (χ1) is 7.74. The van der Waals surface area contributed by atoms with Crippen molar-refractivity contribution in [1.82, 2.24) is 4.98 Å². The summed E-state index contributed by atoms with van der Waals surface area (Å²) in [5.74, 6) is 0.740. The molecule has 0 unspecified atom stereocenters. The van der Waals surface area contributed by atoms with Crippen molar-refractivity contribution >= 4 is 22.5 Å². The summed E-state index contributed by atoms with van der Waals surface area (Å²) < 4.78 is 5.10. The Bertz CT molecular complexity index is 575. The molecule has 1 aromatic carbocycles. The number of halogens is 1. The van der Waals surface area contributed by atoms with Gasteiger partial charge in [0.15, 0.2) is 0 Å². The molecular weight excluding hydrogens is 224 g/mol. The maximum absolute atomic E-state index is 8.64. The summed E-state index contributed by atoms with van der Waals surface area (Å²) in [6.07, 6.45) is 0.272. The molecule has 0 spiro atoms. The van der Waals surface area contributed by atoms with Gasteiger partial charge in [-0.15, -0.1) is 0 Å². The van der Waals surface area contributed by atoms with Crippen molar-refractivity contribution < 1.29 is 4.74 Å². The van der Waals surface area contributed by atoms with Gasteiger partial charge in [-0.3, -0.25) is 0 Å². The van der Waals surface area contributed by atoms with E-state index in [1.165, 1.54) is 0 Å². The second-order valence-electron chi connectivity index (χ2n) is 3.33. The van der Waals surface area contributed by atoms with Crippen molar-refractivity contribution in [2.75, 3.05) is 7.11 Å². The molecule has 0 amide bonds. The number of nitrogens with zero attached hydrogens (tertiary/aromatic N) is 2. The van der Waals surface area contributed by atoms with Crippen molar-refractivity contribution in [3.05, 3.63) is 35.0 Å². The Hall–Kier alpha value is -1.79. The van der Waals surface area contributed by atoms with E-state index < -0.39 is 0 Å². The fraction of sp³-hybridized carbons (Fsp3) is 0.167. The molecule has 3 nitrogen and oxygen atoms in total. The highest BCUT2D eigenvalue weighted by Crippen LogP contribution is 2.24. The minimum absolute atomic E-state index is 0.272. The van der Waals surface area contributed by atoms with Gasteiger partial charge in [0.05, 0.1) is 25.1 Å². The molecule has 0 aliphatic rings. The predicted molar refractivity (Wildman–Crippen MR) is 62.6 cm³/mol.